The molecule has 2 heterocycles. The normalized spacial score (nSPS) is 23.2. The Hall–Kier alpha value is -0.620. The molecule has 0 aromatic carbocycles. The molecule has 0 spiro atoms. The van der Waals surface area contributed by atoms with Crippen LogP contribution in [-0.4, -0.2) is 68.4 Å². The molecule has 5 nitrogen and oxygen atoms in total. The van der Waals surface area contributed by atoms with Crippen molar-refractivity contribution in [1.29, 1.82) is 0 Å². The number of rotatable bonds is 4. The second-order valence-electron chi connectivity index (χ2n) is 7.33. The number of hydrogen-bond acceptors (Lipinski definition) is 4. The number of nitrogens with zero attached hydrogens (tertiary/aromatic N) is 2. The monoisotopic (exact) mass is 330 g/mol. The number of piperidine rings is 2. The molecule has 0 radical (unpaired) electrons. The van der Waals surface area contributed by atoms with E-state index < -0.39 is 9.84 Å². The third-order valence-electron chi connectivity index (χ3n) is 4.89. The van der Waals surface area contributed by atoms with Gasteiger partial charge in [0.15, 0.2) is 9.84 Å². The molecule has 0 N–H and O–H groups in total. The van der Waals surface area contributed by atoms with Crippen LogP contribution in [0.15, 0.2) is 0 Å². The predicted molar refractivity (Wildman–Crippen MR) is 88.4 cm³/mol. The lowest BCUT2D eigenvalue weighted by Crippen LogP contribution is -2.47. The van der Waals surface area contributed by atoms with E-state index in [4.69, 9.17) is 0 Å². The summed E-state index contributed by atoms with van der Waals surface area (Å²) >= 11 is 0. The van der Waals surface area contributed by atoms with Gasteiger partial charge >= 0.3 is 0 Å². The number of hydrogen-bond donors (Lipinski definition) is 0. The molecule has 22 heavy (non-hydrogen) atoms. The van der Waals surface area contributed by atoms with Crippen LogP contribution < -0.4 is 0 Å². The van der Waals surface area contributed by atoms with Gasteiger partial charge in [-0.3, -0.25) is 4.79 Å². The van der Waals surface area contributed by atoms with Gasteiger partial charge in [0, 0.05) is 19.0 Å². The Morgan fingerprint density at radius 1 is 1.05 bits per heavy atom. The van der Waals surface area contributed by atoms with Crippen LogP contribution in [0.2, 0.25) is 0 Å². The van der Waals surface area contributed by atoms with Crippen molar-refractivity contribution in [2.24, 2.45) is 11.8 Å². The third kappa shape index (κ3) is 4.44. The first-order valence-corrected chi connectivity index (χ1v) is 10.2. The highest BCUT2D eigenvalue weighted by Gasteiger charge is 2.34. The second kappa shape index (κ2) is 7.30. The predicted octanol–water partition coefficient (Wildman–Crippen LogP) is 1.39. The fourth-order valence-electron chi connectivity index (χ4n) is 3.55. The van der Waals surface area contributed by atoms with Crippen molar-refractivity contribution < 1.29 is 13.2 Å². The van der Waals surface area contributed by atoms with E-state index in [9.17, 15) is 13.2 Å². The summed E-state index contributed by atoms with van der Waals surface area (Å²) in [5.41, 5.74) is 0. The molecule has 128 valence electrons. The van der Waals surface area contributed by atoms with Crippen LogP contribution in [0.1, 0.15) is 39.5 Å². The van der Waals surface area contributed by atoms with Gasteiger partial charge in [0.1, 0.15) is 0 Å². The van der Waals surface area contributed by atoms with Gasteiger partial charge in [0.25, 0.3) is 0 Å². The maximum absolute atomic E-state index is 12.6. The molecular weight excluding hydrogens is 300 g/mol. The SMILES string of the molecule is CC(C)CS(=O)(=O)C1CCN(C(=O)C2CCN(C)CC2)CC1. The van der Waals surface area contributed by atoms with Crippen LogP contribution in [0.5, 0.6) is 0 Å². The minimum Gasteiger partial charge on any atom is -0.342 e. The second-order valence-corrected chi connectivity index (χ2v) is 9.65. The van der Waals surface area contributed by atoms with E-state index in [0.29, 0.717) is 25.9 Å². The summed E-state index contributed by atoms with van der Waals surface area (Å²) in [6.07, 6.45) is 3.07. The summed E-state index contributed by atoms with van der Waals surface area (Å²) in [6, 6.07) is 0. The Morgan fingerprint density at radius 3 is 2.09 bits per heavy atom. The molecule has 0 bridgehead atoms. The number of carbonyl (C=O) groups is 1. The van der Waals surface area contributed by atoms with E-state index in [0.717, 1.165) is 25.9 Å². The fraction of sp³-hybridized carbons (Fsp3) is 0.938. The van der Waals surface area contributed by atoms with Crippen molar-refractivity contribution in [1.82, 2.24) is 9.80 Å². The Morgan fingerprint density at radius 2 is 1.59 bits per heavy atom. The molecular formula is C16H30N2O3S. The molecule has 2 aliphatic heterocycles. The summed E-state index contributed by atoms with van der Waals surface area (Å²) in [6.45, 7) is 7.05. The van der Waals surface area contributed by atoms with Gasteiger partial charge in [-0.1, -0.05) is 13.8 Å². The van der Waals surface area contributed by atoms with Crippen LogP contribution in [-0.2, 0) is 14.6 Å². The highest BCUT2D eigenvalue weighted by atomic mass is 32.2. The first kappa shape index (κ1) is 17.7. The Labute approximate surface area is 135 Å². The van der Waals surface area contributed by atoms with Gasteiger partial charge in [-0.15, -0.1) is 0 Å². The first-order chi connectivity index (χ1) is 10.3. The summed E-state index contributed by atoms with van der Waals surface area (Å²) in [5, 5.41) is -0.253. The quantitative estimate of drug-likeness (QED) is 0.782. The summed E-state index contributed by atoms with van der Waals surface area (Å²) < 4.78 is 24.6. The summed E-state index contributed by atoms with van der Waals surface area (Å²) in [5.74, 6) is 0.817. The number of carbonyl (C=O) groups excluding carboxylic acids is 1. The van der Waals surface area contributed by atoms with Gasteiger partial charge in [0.2, 0.25) is 5.91 Å². The lowest BCUT2D eigenvalue weighted by molar-refractivity contribution is -0.137. The zero-order valence-corrected chi connectivity index (χ0v) is 14.9. The molecule has 0 aromatic rings. The standard InChI is InChI=1S/C16H30N2O3S/c1-13(2)12-22(20,21)15-6-10-18(11-7-15)16(19)14-4-8-17(3)9-5-14/h13-15H,4-12H2,1-3H3. The molecule has 0 aliphatic carbocycles. The van der Waals surface area contributed by atoms with E-state index in [-0.39, 0.29) is 28.7 Å². The van der Waals surface area contributed by atoms with Crippen molar-refractivity contribution in [2.45, 2.75) is 44.8 Å². The topological polar surface area (TPSA) is 57.7 Å². The van der Waals surface area contributed by atoms with E-state index in [2.05, 4.69) is 11.9 Å². The van der Waals surface area contributed by atoms with Gasteiger partial charge in [-0.05, 0) is 51.7 Å². The van der Waals surface area contributed by atoms with Crippen molar-refractivity contribution in [3.05, 3.63) is 0 Å². The molecule has 0 aromatic heterocycles. The van der Waals surface area contributed by atoms with Gasteiger partial charge in [-0.2, -0.15) is 0 Å². The molecule has 2 rings (SSSR count). The lowest BCUT2D eigenvalue weighted by atomic mass is 9.94. The fourth-order valence-corrected chi connectivity index (χ4v) is 5.68. The Bertz CT molecular complexity index is 474. The van der Waals surface area contributed by atoms with E-state index >= 15 is 0 Å². The highest BCUT2D eigenvalue weighted by molar-refractivity contribution is 7.92. The average Bonchev–Trinajstić information content (AvgIpc) is 2.46. The molecule has 6 heteroatoms. The minimum absolute atomic E-state index is 0.139. The molecule has 0 saturated carbocycles. The maximum atomic E-state index is 12.6. The first-order valence-electron chi connectivity index (χ1n) is 8.48. The van der Waals surface area contributed by atoms with Crippen LogP contribution in [0.3, 0.4) is 0 Å². The zero-order chi connectivity index (χ0) is 16.3. The van der Waals surface area contributed by atoms with Gasteiger partial charge in [-0.25, -0.2) is 8.42 Å². The van der Waals surface area contributed by atoms with Gasteiger partial charge < -0.3 is 9.80 Å². The summed E-state index contributed by atoms with van der Waals surface area (Å²) in [4.78, 5) is 16.7. The molecule has 1 amide bonds. The van der Waals surface area contributed by atoms with Crippen LogP contribution in [0, 0.1) is 11.8 Å². The number of sulfone groups is 1. The van der Waals surface area contributed by atoms with Crippen molar-refractivity contribution in [3.63, 3.8) is 0 Å². The molecule has 0 unspecified atom stereocenters. The van der Waals surface area contributed by atoms with E-state index in [1.807, 2.05) is 18.7 Å². The van der Waals surface area contributed by atoms with Crippen molar-refractivity contribution in [3.8, 4) is 0 Å². The lowest BCUT2D eigenvalue weighted by Gasteiger charge is -2.36. The molecule has 2 fully saturated rings. The molecule has 0 atom stereocenters. The average molecular weight is 330 g/mol. The largest absolute Gasteiger partial charge is 0.342 e. The third-order valence-corrected chi connectivity index (χ3v) is 7.51. The Kier molecular flexibility index (Phi) is 5.88. The molecule has 2 aliphatic rings. The summed E-state index contributed by atoms with van der Waals surface area (Å²) in [7, 11) is -0.919. The van der Waals surface area contributed by atoms with Crippen LogP contribution in [0.4, 0.5) is 0 Å². The van der Waals surface area contributed by atoms with Crippen molar-refractivity contribution >= 4 is 15.7 Å². The minimum atomic E-state index is -3.01. The van der Waals surface area contributed by atoms with Gasteiger partial charge in [0.05, 0.1) is 11.0 Å². The highest BCUT2D eigenvalue weighted by Crippen LogP contribution is 2.24. The Balaban J connectivity index is 1.85. The zero-order valence-electron chi connectivity index (χ0n) is 14.1. The van der Waals surface area contributed by atoms with Crippen LogP contribution in [0.25, 0.3) is 0 Å². The smallest absolute Gasteiger partial charge is 0.225 e. The van der Waals surface area contributed by atoms with E-state index in [1.54, 1.807) is 0 Å². The van der Waals surface area contributed by atoms with Crippen LogP contribution >= 0.6 is 0 Å². The molecule has 2 saturated heterocycles. The maximum Gasteiger partial charge on any atom is 0.225 e. The van der Waals surface area contributed by atoms with E-state index in [1.165, 1.54) is 0 Å². The van der Waals surface area contributed by atoms with Crippen molar-refractivity contribution in [2.75, 3.05) is 39.0 Å². The number of likely N-dealkylation sites (tertiary alicyclic amines) is 2. The number of amides is 1.